The molecule has 1 unspecified atom stereocenters. The van der Waals surface area contributed by atoms with Crippen molar-refractivity contribution >= 4 is 23.2 Å². The van der Waals surface area contributed by atoms with E-state index >= 15 is 0 Å². The summed E-state index contributed by atoms with van der Waals surface area (Å²) in [5, 5.41) is 2.97. The molecule has 1 atom stereocenters. The van der Waals surface area contributed by atoms with E-state index in [9.17, 15) is 9.59 Å². The lowest BCUT2D eigenvalue weighted by atomic mass is 10.1. The Balaban J connectivity index is 2.34. The molecule has 0 spiro atoms. The first-order chi connectivity index (χ1) is 13.7. The van der Waals surface area contributed by atoms with Crippen molar-refractivity contribution in [3.05, 3.63) is 47.9 Å². The zero-order valence-electron chi connectivity index (χ0n) is 18.4. The predicted molar refractivity (Wildman–Crippen MR) is 117 cm³/mol. The van der Waals surface area contributed by atoms with Gasteiger partial charge in [-0.15, -0.1) is 0 Å². The molecule has 29 heavy (non-hydrogen) atoms. The number of hydrogen-bond donors (Lipinski definition) is 1. The molecule has 6 nitrogen and oxygen atoms in total. The second kappa shape index (κ2) is 10.1. The molecule has 2 aromatic rings. The van der Waals surface area contributed by atoms with Crippen LogP contribution in [0.1, 0.15) is 56.7 Å². The van der Waals surface area contributed by atoms with Crippen LogP contribution in [-0.4, -0.2) is 36.9 Å². The summed E-state index contributed by atoms with van der Waals surface area (Å²) in [5.41, 5.74) is 2.72. The highest BCUT2D eigenvalue weighted by atomic mass is 16.3. The maximum Gasteiger partial charge on any atom is 0.290 e. The number of carbonyl (C=O) groups excluding carboxylic acids is 2. The van der Waals surface area contributed by atoms with Crippen molar-refractivity contribution < 1.29 is 14.0 Å². The second-order valence-electron chi connectivity index (χ2n) is 8.05. The van der Waals surface area contributed by atoms with Crippen molar-refractivity contribution in [2.45, 2.75) is 53.1 Å². The standard InChI is InChI=1S/C23H33N3O3/c1-7-17(4)26(23(28)21-9-8-12-29-21)15-18-14-19(10-11-20(18)25(5)6)24-22(27)13-16(2)3/h8-12,14,16-17H,7,13,15H2,1-6H3,(H,24,27). The Labute approximate surface area is 173 Å². The van der Waals surface area contributed by atoms with E-state index in [-0.39, 0.29) is 17.9 Å². The van der Waals surface area contributed by atoms with Gasteiger partial charge >= 0.3 is 0 Å². The molecule has 1 N–H and O–H groups in total. The van der Waals surface area contributed by atoms with Crippen LogP contribution in [0, 0.1) is 5.92 Å². The molecule has 1 aromatic carbocycles. The Bertz CT molecular complexity index is 813. The molecule has 0 aliphatic heterocycles. The van der Waals surface area contributed by atoms with Gasteiger partial charge in [0.1, 0.15) is 0 Å². The molecule has 158 valence electrons. The smallest absolute Gasteiger partial charge is 0.290 e. The number of nitrogens with zero attached hydrogens (tertiary/aromatic N) is 2. The van der Waals surface area contributed by atoms with Crippen LogP contribution in [0.4, 0.5) is 11.4 Å². The lowest BCUT2D eigenvalue weighted by Gasteiger charge is -2.30. The van der Waals surface area contributed by atoms with Gasteiger partial charge in [-0.3, -0.25) is 9.59 Å². The molecule has 0 aliphatic rings. The van der Waals surface area contributed by atoms with Crippen molar-refractivity contribution in [3.63, 3.8) is 0 Å². The monoisotopic (exact) mass is 399 g/mol. The Morgan fingerprint density at radius 2 is 1.86 bits per heavy atom. The molecule has 0 radical (unpaired) electrons. The first kappa shape index (κ1) is 22.5. The average Bonchev–Trinajstić information content (AvgIpc) is 3.19. The van der Waals surface area contributed by atoms with Gasteiger partial charge in [0.25, 0.3) is 5.91 Å². The number of benzene rings is 1. The number of hydrogen-bond acceptors (Lipinski definition) is 4. The Kier molecular flexibility index (Phi) is 7.88. The summed E-state index contributed by atoms with van der Waals surface area (Å²) < 4.78 is 5.34. The summed E-state index contributed by atoms with van der Waals surface area (Å²) in [7, 11) is 3.94. The van der Waals surface area contributed by atoms with Gasteiger partial charge in [-0.05, 0) is 55.2 Å². The molecular formula is C23H33N3O3. The van der Waals surface area contributed by atoms with Gasteiger partial charge in [0.2, 0.25) is 5.91 Å². The summed E-state index contributed by atoms with van der Waals surface area (Å²) in [5.74, 6) is 0.484. The van der Waals surface area contributed by atoms with E-state index in [2.05, 4.69) is 12.2 Å². The Morgan fingerprint density at radius 1 is 1.14 bits per heavy atom. The lowest BCUT2D eigenvalue weighted by molar-refractivity contribution is -0.116. The molecule has 1 aromatic heterocycles. The van der Waals surface area contributed by atoms with Gasteiger partial charge in [-0.1, -0.05) is 20.8 Å². The van der Waals surface area contributed by atoms with E-state index in [1.165, 1.54) is 6.26 Å². The number of nitrogens with one attached hydrogen (secondary N) is 1. The third-order valence-electron chi connectivity index (χ3n) is 4.90. The number of rotatable bonds is 9. The number of anilines is 2. The molecule has 2 rings (SSSR count). The van der Waals surface area contributed by atoms with Crippen LogP contribution in [-0.2, 0) is 11.3 Å². The quantitative estimate of drug-likeness (QED) is 0.659. The van der Waals surface area contributed by atoms with Crippen molar-refractivity contribution in [2.24, 2.45) is 5.92 Å². The van der Waals surface area contributed by atoms with E-state index < -0.39 is 0 Å². The maximum absolute atomic E-state index is 13.0. The van der Waals surface area contributed by atoms with Gasteiger partial charge < -0.3 is 19.5 Å². The van der Waals surface area contributed by atoms with Crippen molar-refractivity contribution in [3.8, 4) is 0 Å². The van der Waals surface area contributed by atoms with Crippen LogP contribution in [0.3, 0.4) is 0 Å². The second-order valence-corrected chi connectivity index (χ2v) is 8.05. The molecule has 0 saturated heterocycles. The predicted octanol–water partition coefficient (Wildman–Crippen LogP) is 4.77. The Hall–Kier alpha value is -2.76. The van der Waals surface area contributed by atoms with Crippen molar-refractivity contribution in [1.82, 2.24) is 4.90 Å². The van der Waals surface area contributed by atoms with Crippen LogP contribution in [0.2, 0.25) is 0 Å². The first-order valence-corrected chi connectivity index (χ1v) is 10.2. The highest BCUT2D eigenvalue weighted by molar-refractivity contribution is 5.92. The van der Waals surface area contributed by atoms with Crippen LogP contribution in [0.15, 0.2) is 41.0 Å². The molecule has 0 fully saturated rings. The highest BCUT2D eigenvalue weighted by Gasteiger charge is 2.24. The normalized spacial score (nSPS) is 12.0. The molecule has 0 bridgehead atoms. The van der Waals surface area contributed by atoms with Crippen LogP contribution in [0.25, 0.3) is 0 Å². The van der Waals surface area contributed by atoms with Crippen molar-refractivity contribution in [2.75, 3.05) is 24.3 Å². The van der Waals surface area contributed by atoms with E-state index in [0.29, 0.717) is 24.6 Å². The molecule has 0 aliphatic carbocycles. The summed E-state index contributed by atoms with van der Waals surface area (Å²) in [6.45, 7) is 8.55. The van der Waals surface area contributed by atoms with Crippen LogP contribution < -0.4 is 10.2 Å². The van der Waals surface area contributed by atoms with E-state index in [4.69, 9.17) is 4.42 Å². The Morgan fingerprint density at radius 3 is 2.41 bits per heavy atom. The van der Waals surface area contributed by atoms with Gasteiger partial charge in [0, 0.05) is 44.5 Å². The minimum absolute atomic E-state index is 0.00556. The SMILES string of the molecule is CCC(C)N(Cc1cc(NC(=O)CC(C)C)ccc1N(C)C)C(=O)c1ccco1. The number of carbonyl (C=O) groups is 2. The fraction of sp³-hybridized carbons (Fsp3) is 0.478. The van der Waals surface area contributed by atoms with Gasteiger partial charge in [0.15, 0.2) is 5.76 Å². The topological polar surface area (TPSA) is 65.8 Å². The van der Waals surface area contributed by atoms with Crippen LogP contribution >= 0.6 is 0 Å². The van der Waals surface area contributed by atoms with E-state index in [1.807, 2.05) is 62.9 Å². The fourth-order valence-corrected chi connectivity index (χ4v) is 3.18. The average molecular weight is 400 g/mol. The fourth-order valence-electron chi connectivity index (χ4n) is 3.18. The molecular weight excluding hydrogens is 366 g/mol. The highest BCUT2D eigenvalue weighted by Crippen LogP contribution is 2.26. The van der Waals surface area contributed by atoms with E-state index in [0.717, 1.165) is 23.4 Å². The van der Waals surface area contributed by atoms with Gasteiger partial charge in [-0.2, -0.15) is 0 Å². The molecule has 1 heterocycles. The van der Waals surface area contributed by atoms with Gasteiger partial charge in [-0.25, -0.2) is 0 Å². The van der Waals surface area contributed by atoms with Crippen molar-refractivity contribution in [1.29, 1.82) is 0 Å². The largest absolute Gasteiger partial charge is 0.459 e. The van der Waals surface area contributed by atoms with Gasteiger partial charge in [0.05, 0.1) is 6.26 Å². The zero-order chi connectivity index (χ0) is 21.6. The summed E-state index contributed by atoms with van der Waals surface area (Å²) in [4.78, 5) is 29.1. The number of amides is 2. The minimum atomic E-state index is -0.136. The first-order valence-electron chi connectivity index (χ1n) is 10.2. The third-order valence-corrected chi connectivity index (χ3v) is 4.90. The van der Waals surface area contributed by atoms with Crippen LogP contribution in [0.5, 0.6) is 0 Å². The third kappa shape index (κ3) is 6.11. The zero-order valence-corrected chi connectivity index (χ0v) is 18.4. The summed E-state index contributed by atoms with van der Waals surface area (Å²) in [6, 6.07) is 9.29. The summed E-state index contributed by atoms with van der Waals surface area (Å²) in [6.07, 6.45) is 2.81. The van der Waals surface area contributed by atoms with E-state index in [1.54, 1.807) is 12.1 Å². The maximum atomic E-state index is 13.0. The number of furan rings is 1. The molecule has 2 amide bonds. The molecule has 6 heteroatoms. The summed E-state index contributed by atoms with van der Waals surface area (Å²) >= 11 is 0. The lowest BCUT2D eigenvalue weighted by Crippen LogP contribution is -2.38. The molecule has 0 saturated carbocycles. The minimum Gasteiger partial charge on any atom is -0.459 e.